The van der Waals surface area contributed by atoms with Gasteiger partial charge < -0.3 is 5.32 Å². The topological polar surface area (TPSA) is 46.2 Å². The first-order valence-electron chi connectivity index (χ1n) is 7.02. The predicted octanol–water partition coefficient (Wildman–Crippen LogP) is 3.47. The molecule has 0 aliphatic heterocycles. The van der Waals surface area contributed by atoms with Gasteiger partial charge in [0.15, 0.2) is 9.84 Å². The molecule has 1 saturated carbocycles. The number of sulfone groups is 1. The van der Waals surface area contributed by atoms with E-state index in [0.29, 0.717) is 16.7 Å². The summed E-state index contributed by atoms with van der Waals surface area (Å²) in [6.07, 6.45) is 4.39. The zero-order valence-corrected chi connectivity index (χ0v) is 12.6. The standard InChI is InChI=1S/C15H23NO2S/c1-3-11-19(17,18)14-8-5-4-7-13(14)16-12-15(2)9-6-10-15/h4-5,7-8,16H,3,6,9-12H2,1-2H3. The second-order valence-corrected chi connectivity index (χ2v) is 7.91. The Morgan fingerprint density at radius 1 is 1.26 bits per heavy atom. The van der Waals surface area contributed by atoms with E-state index in [-0.39, 0.29) is 5.75 Å². The van der Waals surface area contributed by atoms with Crippen molar-refractivity contribution < 1.29 is 8.42 Å². The van der Waals surface area contributed by atoms with Crippen LogP contribution in [0.1, 0.15) is 39.5 Å². The number of anilines is 1. The van der Waals surface area contributed by atoms with E-state index < -0.39 is 9.84 Å². The summed E-state index contributed by atoms with van der Waals surface area (Å²) in [4.78, 5) is 0.444. The minimum atomic E-state index is -3.16. The number of nitrogens with one attached hydrogen (secondary N) is 1. The second-order valence-electron chi connectivity index (χ2n) is 5.83. The normalized spacial score (nSPS) is 17.8. The molecule has 4 heteroatoms. The largest absolute Gasteiger partial charge is 0.383 e. The molecule has 1 aromatic rings. The highest BCUT2D eigenvalue weighted by atomic mass is 32.2. The van der Waals surface area contributed by atoms with E-state index in [9.17, 15) is 8.42 Å². The summed E-state index contributed by atoms with van der Waals surface area (Å²) in [5.41, 5.74) is 1.09. The zero-order chi connectivity index (χ0) is 13.9. The van der Waals surface area contributed by atoms with Crippen LogP contribution in [0.2, 0.25) is 0 Å². The first-order chi connectivity index (χ1) is 8.97. The van der Waals surface area contributed by atoms with Gasteiger partial charge in [0, 0.05) is 6.54 Å². The fourth-order valence-corrected chi connectivity index (χ4v) is 4.05. The van der Waals surface area contributed by atoms with Gasteiger partial charge in [0.1, 0.15) is 0 Å². The maximum Gasteiger partial charge on any atom is 0.180 e. The third-order valence-electron chi connectivity index (χ3n) is 3.96. The second kappa shape index (κ2) is 5.53. The molecule has 106 valence electrons. The van der Waals surface area contributed by atoms with Gasteiger partial charge in [-0.2, -0.15) is 0 Å². The van der Waals surface area contributed by atoms with Crippen molar-refractivity contribution in [1.82, 2.24) is 0 Å². The number of benzene rings is 1. The lowest BCUT2D eigenvalue weighted by Gasteiger charge is -2.38. The molecule has 1 N–H and O–H groups in total. The Kier molecular flexibility index (Phi) is 4.19. The molecule has 0 amide bonds. The predicted molar refractivity (Wildman–Crippen MR) is 79.2 cm³/mol. The number of hydrogen-bond acceptors (Lipinski definition) is 3. The Bertz CT molecular complexity index is 533. The van der Waals surface area contributed by atoms with Crippen LogP contribution >= 0.6 is 0 Å². The third kappa shape index (κ3) is 3.30. The third-order valence-corrected chi connectivity index (χ3v) is 5.93. The first kappa shape index (κ1) is 14.4. The fraction of sp³-hybridized carbons (Fsp3) is 0.600. The molecule has 2 rings (SSSR count). The van der Waals surface area contributed by atoms with Crippen LogP contribution in [-0.2, 0) is 9.84 Å². The molecule has 1 aromatic carbocycles. The molecule has 0 radical (unpaired) electrons. The van der Waals surface area contributed by atoms with Gasteiger partial charge in [0.25, 0.3) is 0 Å². The van der Waals surface area contributed by atoms with E-state index in [1.807, 2.05) is 19.1 Å². The van der Waals surface area contributed by atoms with Crippen molar-refractivity contribution in [2.24, 2.45) is 5.41 Å². The minimum Gasteiger partial charge on any atom is -0.383 e. The molecule has 19 heavy (non-hydrogen) atoms. The van der Waals surface area contributed by atoms with Crippen LogP contribution in [0.4, 0.5) is 5.69 Å². The van der Waals surface area contributed by atoms with E-state index in [1.165, 1.54) is 19.3 Å². The molecule has 0 aromatic heterocycles. The molecule has 3 nitrogen and oxygen atoms in total. The molecule has 0 saturated heterocycles. The van der Waals surface area contributed by atoms with Crippen LogP contribution in [0.15, 0.2) is 29.2 Å². The van der Waals surface area contributed by atoms with Crippen LogP contribution < -0.4 is 5.32 Å². The summed E-state index contributed by atoms with van der Waals surface area (Å²) in [7, 11) is -3.16. The summed E-state index contributed by atoms with van der Waals surface area (Å²) in [5, 5.41) is 3.34. The highest BCUT2D eigenvalue weighted by Gasteiger charge is 2.31. The Hall–Kier alpha value is -1.03. The molecule has 1 aliphatic carbocycles. The average Bonchev–Trinajstić information content (AvgIpc) is 2.34. The molecule has 1 fully saturated rings. The van der Waals surface area contributed by atoms with Crippen molar-refractivity contribution in [3.05, 3.63) is 24.3 Å². The first-order valence-corrected chi connectivity index (χ1v) is 8.68. The summed E-state index contributed by atoms with van der Waals surface area (Å²) in [6, 6.07) is 7.25. The smallest absolute Gasteiger partial charge is 0.180 e. The van der Waals surface area contributed by atoms with Crippen LogP contribution in [0.25, 0.3) is 0 Å². The number of hydrogen-bond donors (Lipinski definition) is 1. The summed E-state index contributed by atoms with van der Waals surface area (Å²) < 4.78 is 24.4. The van der Waals surface area contributed by atoms with E-state index in [0.717, 1.165) is 12.2 Å². The Balaban J connectivity index is 2.16. The van der Waals surface area contributed by atoms with Crippen LogP contribution in [-0.4, -0.2) is 20.7 Å². The van der Waals surface area contributed by atoms with Crippen LogP contribution in [0.5, 0.6) is 0 Å². The van der Waals surface area contributed by atoms with Gasteiger partial charge in [0.05, 0.1) is 16.3 Å². The van der Waals surface area contributed by atoms with E-state index in [4.69, 9.17) is 0 Å². The highest BCUT2D eigenvalue weighted by molar-refractivity contribution is 7.91. The van der Waals surface area contributed by atoms with Gasteiger partial charge in [0.2, 0.25) is 0 Å². The molecule has 0 unspecified atom stereocenters. The van der Waals surface area contributed by atoms with E-state index in [1.54, 1.807) is 12.1 Å². The number of rotatable bonds is 6. The maximum atomic E-state index is 12.2. The highest BCUT2D eigenvalue weighted by Crippen LogP contribution is 2.40. The summed E-state index contributed by atoms with van der Waals surface area (Å²) in [5.74, 6) is 0.211. The lowest BCUT2D eigenvalue weighted by molar-refractivity contribution is 0.180. The molecule has 0 bridgehead atoms. The molecular weight excluding hydrogens is 258 g/mol. The van der Waals surface area contributed by atoms with Crippen molar-refractivity contribution in [2.75, 3.05) is 17.6 Å². The van der Waals surface area contributed by atoms with Gasteiger partial charge in [-0.1, -0.05) is 32.4 Å². The fourth-order valence-electron chi connectivity index (χ4n) is 2.53. The molecular formula is C15H23NO2S. The molecule has 0 atom stereocenters. The van der Waals surface area contributed by atoms with Crippen molar-refractivity contribution in [3.8, 4) is 0 Å². The average molecular weight is 281 g/mol. The van der Waals surface area contributed by atoms with E-state index >= 15 is 0 Å². The number of para-hydroxylation sites is 1. The van der Waals surface area contributed by atoms with Gasteiger partial charge >= 0.3 is 0 Å². The van der Waals surface area contributed by atoms with Crippen molar-refractivity contribution in [1.29, 1.82) is 0 Å². The monoisotopic (exact) mass is 281 g/mol. The van der Waals surface area contributed by atoms with Crippen molar-refractivity contribution in [3.63, 3.8) is 0 Å². The van der Waals surface area contributed by atoms with Crippen molar-refractivity contribution in [2.45, 2.75) is 44.4 Å². The molecule has 0 heterocycles. The molecule has 0 spiro atoms. The van der Waals surface area contributed by atoms with Gasteiger partial charge in [-0.15, -0.1) is 0 Å². The van der Waals surface area contributed by atoms with Crippen LogP contribution in [0, 0.1) is 5.41 Å². The maximum absolute atomic E-state index is 12.2. The van der Waals surface area contributed by atoms with Gasteiger partial charge in [-0.05, 0) is 36.8 Å². The quantitative estimate of drug-likeness (QED) is 0.868. The minimum absolute atomic E-state index is 0.211. The van der Waals surface area contributed by atoms with Gasteiger partial charge in [-0.3, -0.25) is 0 Å². The SMILES string of the molecule is CCCS(=O)(=O)c1ccccc1NCC1(C)CCC1. The van der Waals surface area contributed by atoms with Gasteiger partial charge in [-0.25, -0.2) is 8.42 Å². The lowest BCUT2D eigenvalue weighted by Crippen LogP contribution is -2.33. The zero-order valence-electron chi connectivity index (χ0n) is 11.8. The Morgan fingerprint density at radius 2 is 1.95 bits per heavy atom. The Morgan fingerprint density at radius 3 is 2.53 bits per heavy atom. The van der Waals surface area contributed by atoms with Crippen LogP contribution in [0.3, 0.4) is 0 Å². The van der Waals surface area contributed by atoms with Crippen molar-refractivity contribution >= 4 is 15.5 Å². The summed E-state index contributed by atoms with van der Waals surface area (Å²) >= 11 is 0. The van der Waals surface area contributed by atoms with E-state index in [2.05, 4.69) is 12.2 Å². The Labute approximate surface area is 116 Å². The lowest BCUT2D eigenvalue weighted by atomic mass is 9.70. The molecule has 1 aliphatic rings. The summed E-state index contributed by atoms with van der Waals surface area (Å²) in [6.45, 7) is 5.00.